The fourth-order valence-electron chi connectivity index (χ4n) is 4.40. The van der Waals surface area contributed by atoms with Crippen molar-refractivity contribution >= 4 is 9.84 Å². The zero-order valence-electron chi connectivity index (χ0n) is 15.9. The minimum Gasteiger partial charge on any atom is -0.299 e. The second-order valence-electron chi connectivity index (χ2n) is 8.55. The molecule has 25 heavy (non-hydrogen) atoms. The molecule has 2 atom stereocenters. The smallest absolute Gasteiger partial charge is 0.148 e. The van der Waals surface area contributed by atoms with Crippen LogP contribution in [0.25, 0.3) is 0 Å². The average molecular weight is 364 g/mol. The van der Waals surface area contributed by atoms with Crippen molar-refractivity contribution in [3.63, 3.8) is 0 Å². The number of nitrogens with zero attached hydrogens (tertiary/aromatic N) is 1. The summed E-state index contributed by atoms with van der Waals surface area (Å²) < 4.78 is 22.9. The summed E-state index contributed by atoms with van der Waals surface area (Å²) >= 11 is 0. The first kappa shape index (κ1) is 18.9. The fourth-order valence-corrected chi connectivity index (χ4v) is 5.50. The Bertz CT molecular complexity index is 656. The molecule has 2 fully saturated rings. The van der Waals surface area contributed by atoms with Crippen LogP contribution < -0.4 is 0 Å². The summed E-state index contributed by atoms with van der Waals surface area (Å²) in [6.07, 6.45) is 6.94. The van der Waals surface area contributed by atoms with E-state index in [1.165, 1.54) is 50.6 Å². The van der Waals surface area contributed by atoms with E-state index >= 15 is 0 Å². The predicted molar refractivity (Wildman–Crippen MR) is 104 cm³/mol. The first-order valence-corrected chi connectivity index (χ1v) is 11.9. The molecular weight excluding hydrogens is 330 g/mol. The van der Waals surface area contributed by atoms with Crippen molar-refractivity contribution in [2.75, 3.05) is 25.1 Å². The summed E-state index contributed by atoms with van der Waals surface area (Å²) in [4.78, 5) is 2.57. The van der Waals surface area contributed by atoms with Crippen molar-refractivity contribution in [3.8, 4) is 0 Å². The monoisotopic (exact) mass is 363 g/mol. The number of piperidine rings is 1. The van der Waals surface area contributed by atoms with Gasteiger partial charge in [-0.3, -0.25) is 4.90 Å². The molecule has 1 aromatic carbocycles. The van der Waals surface area contributed by atoms with Gasteiger partial charge in [0.05, 0.1) is 5.75 Å². The van der Waals surface area contributed by atoms with Crippen molar-refractivity contribution < 1.29 is 8.42 Å². The lowest BCUT2D eigenvalue weighted by molar-refractivity contribution is 0.139. The summed E-state index contributed by atoms with van der Waals surface area (Å²) in [6.45, 7) is 7.91. The summed E-state index contributed by atoms with van der Waals surface area (Å²) in [6, 6.07) is 8.56. The molecule has 0 bridgehead atoms. The maximum absolute atomic E-state index is 11.5. The van der Waals surface area contributed by atoms with Crippen LogP contribution in [0.5, 0.6) is 0 Å². The Balaban J connectivity index is 1.49. The maximum atomic E-state index is 11.5. The van der Waals surface area contributed by atoms with Gasteiger partial charge in [-0.25, -0.2) is 8.42 Å². The molecule has 1 aliphatic heterocycles. The Morgan fingerprint density at radius 3 is 2.08 bits per heavy atom. The molecular formula is C21H33NO2S. The lowest BCUT2D eigenvalue weighted by Gasteiger charge is -2.35. The molecule has 4 heteroatoms. The van der Waals surface area contributed by atoms with Gasteiger partial charge in [0.25, 0.3) is 0 Å². The van der Waals surface area contributed by atoms with Crippen LogP contribution in [-0.2, 0) is 16.4 Å². The highest BCUT2D eigenvalue weighted by molar-refractivity contribution is 7.90. The van der Waals surface area contributed by atoms with E-state index < -0.39 is 9.84 Å². The van der Waals surface area contributed by atoms with Crippen molar-refractivity contribution in [1.82, 2.24) is 4.90 Å². The predicted octanol–water partition coefficient (Wildman–Crippen LogP) is 4.09. The standard InChI is InChI=1S/C21H33NO2S/c1-16(15-25(3,23)24)19-6-4-18(5-7-19)14-22-12-10-21(11-13-22)17(2)20-8-9-20/h4-7,16-17,20-21H,8-15H2,1-3H3/t16-,17?/m0/s1. The third-order valence-electron chi connectivity index (χ3n) is 6.25. The Morgan fingerprint density at radius 1 is 1.00 bits per heavy atom. The molecule has 1 heterocycles. The van der Waals surface area contributed by atoms with Crippen molar-refractivity contribution in [2.24, 2.45) is 17.8 Å². The van der Waals surface area contributed by atoms with Gasteiger partial charge >= 0.3 is 0 Å². The second-order valence-corrected chi connectivity index (χ2v) is 10.7. The van der Waals surface area contributed by atoms with Crippen molar-refractivity contribution in [1.29, 1.82) is 0 Å². The molecule has 3 rings (SSSR count). The molecule has 0 aromatic heterocycles. The zero-order chi connectivity index (χ0) is 18.0. The van der Waals surface area contributed by atoms with Crippen molar-refractivity contribution in [3.05, 3.63) is 35.4 Å². The molecule has 1 aliphatic carbocycles. The number of hydrogen-bond donors (Lipinski definition) is 0. The van der Waals surface area contributed by atoms with Crippen LogP contribution in [0.1, 0.15) is 56.6 Å². The molecule has 1 unspecified atom stereocenters. The van der Waals surface area contributed by atoms with Gasteiger partial charge in [-0.1, -0.05) is 38.1 Å². The van der Waals surface area contributed by atoms with Gasteiger partial charge in [-0.2, -0.15) is 0 Å². The molecule has 3 nitrogen and oxygen atoms in total. The number of likely N-dealkylation sites (tertiary alicyclic amines) is 1. The van der Waals surface area contributed by atoms with E-state index in [4.69, 9.17) is 0 Å². The third kappa shape index (κ3) is 5.55. The molecule has 1 saturated heterocycles. The van der Waals surface area contributed by atoms with Crippen molar-refractivity contribution in [2.45, 2.75) is 52.0 Å². The van der Waals surface area contributed by atoms with Crippen LogP contribution in [0.4, 0.5) is 0 Å². The molecule has 0 spiro atoms. The Kier molecular flexibility index (Phi) is 5.89. The van der Waals surface area contributed by atoms with Crippen LogP contribution in [0, 0.1) is 17.8 Å². The van der Waals surface area contributed by atoms with Gasteiger partial charge in [0, 0.05) is 12.8 Å². The van der Waals surface area contributed by atoms with Gasteiger partial charge in [0.15, 0.2) is 0 Å². The van der Waals surface area contributed by atoms with Crippen LogP contribution in [0.3, 0.4) is 0 Å². The van der Waals surface area contributed by atoms with Crippen LogP contribution >= 0.6 is 0 Å². The molecule has 1 saturated carbocycles. The lowest BCUT2D eigenvalue weighted by atomic mass is 9.82. The SMILES string of the molecule is CC(C1CC1)C1CCN(Cc2ccc([C@@H](C)CS(C)(=O)=O)cc2)CC1. The molecule has 1 aromatic rings. The normalized spacial score (nSPS) is 22.7. The minimum atomic E-state index is -2.93. The highest BCUT2D eigenvalue weighted by Crippen LogP contribution is 2.43. The van der Waals surface area contributed by atoms with Crippen LogP contribution in [0.15, 0.2) is 24.3 Å². The molecule has 2 aliphatic rings. The fraction of sp³-hybridized carbons (Fsp3) is 0.714. The summed E-state index contributed by atoms with van der Waals surface area (Å²) in [7, 11) is -2.93. The number of hydrogen-bond acceptors (Lipinski definition) is 3. The highest BCUT2D eigenvalue weighted by Gasteiger charge is 2.34. The van der Waals surface area contributed by atoms with E-state index in [9.17, 15) is 8.42 Å². The Morgan fingerprint density at radius 2 is 1.56 bits per heavy atom. The average Bonchev–Trinajstić information content (AvgIpc) is 3.39. The first-order chi connectivity index (χ1) is 11.8. The van der Waals surface area contributed by atoms with E-state index in [0.29, 0.717) is 0 Å². The van der Waals surface area contributed by atoms with Crippen LogP contribution in [-0.4, -0.2) is 38.4 Å². The van der Waals surface area contributed by atoms with Crippen LogP contribution in [0.2, 0.25) is 0 Å². The Labute approximate surface area is 153 Å². The van der Waals surface area contributed by atoms with Gasteiger partial charge < -0.3 is 0 Å². The zero-order valence-corrected chi connectivity index (χ0v) is 16.8. The van der Waals surface area contributed by atoms with E-state index in [0.717, 1.165) is 29.9 Å². The quantitative estimate of drug-likeness (QED) is 0.732. The van der Waals surface area contributed by atoms with Gasteiger partial charge in [0.1, 0.15) is 9.84 Å². The third-order valence-corrected chi connectivity index (χ3v) is 7.35. The van der Waals surface area contributed by atoms with E-state index in [1.807, 2.05) is 6.92 Å². The first-order valence-electron chi connectivity index (χ1n) is 9.81. The number of sulfone groups is 1. The summed E-state index contributed by atoms with van der Waals surface area (Å²) in [5, 5.41) is 0. The molecule has 140 valence electrons. The Hall–Kier alpha value is -0.870. The number of benzene rings is 1. The second kappa shape index (κ2) is 7.79. The molecule has 0 N–H and O–H groups in total. The maximum Gasteiger partial charge on any atom is 0.148 e. The lowest BCUT2D eigenvalue weighted by Crippen LogP contribution is -2.35. The van der Waals surface area contributed by atoms with E-state index in [1.54, 1.807) is 0 Å². The van der Waals surface area contributed by atoms with Gasteiger partial charge in [-0.05, 0) is 73.6 Å². The molecule has 0 radical (unpaired) electrons. The highest BCUT2D eigenvalue weighted by atomic mass is 32.2. The minimum absolute atomic E-state index is 0.0590. The summed E-state index contributed by atoms with van der Waals surface area (Å²) in [5.41, 5.74) is 2.45. The van der Waals surface area contributed by atoms with E-state index in [-0.39, 0.29) is 11.7 Å². The topological polar surface area (TPSA) is 37.4 Å². The largest absolute Gasteiger partial charge is 0.299 e. The summed E-state index contributed by atoms with van der Waals surface area (Å²) in [5.74, 6) is 3.17. The molecule has 0 amide bonds. The van der Waals surface area contributed by atoms with Gasteiger partial charge in [0.2, 0.25) is 0 Å². The number of rotatable bonds is 7. The van der Waals surface area contributed by atoms with Gasteiger partial charge in [-0.15, -0.1) is 0 Å². The van der Waals surface area contributed by atoms with E-state index in [2.05, 4.69) is 36.1 Å².